The van der Waals surface area contributed by atoms with E-state index in [0.29, 0.717) is 0 Å². The number of imidazole rings is 1. The lowest BCUT2D eigenvalue weighted by atomic mass is 10.1. The Bertz CT molecular complexity index is 1100. The van der Waals surface area contributed by atoms with Gasteiger partial charge in [-0.05, 0) is 42.8 Å². The molecule has 0 bridgehead atoms. The molecule has 0 saturated carbocycles. The number of hydrogen-bond acceptors (Lipinski definition) is 4. The molecule has 6 heteroatoms. The van der Waals surface area contributed by atoms with Gasteiger partial charge in [0.15, 0.2) is 0 Å². The van der Waals surface area contributed by atoms with Crippen LogP contribution in [-0.2, 0) is 0 Å². The van der Waals surface area contributed by atoms with Gasteiger partial charge in [0.05, 0.1) is 18.5 Å². The van der Waals surface area contributed by atoms with Crippen LogP contribution >= 0.6 is 27.3 Å². The molecule has 2 heterocycles. The van der Waals surface area contributed by atoms with Crippen molar-refractivity contribution in [3.05, 3.63) is 59.2 Å². The summed E-state index contributed by atoms with van der Waals surface area (Å²) in [6, 6.07) is 16.4. The molecule has 0 radical (unpaired) electrons. The number of rotatable bonds is 14. The zero-order valence-corrected chi connectivity index (χ0v) is 22.4. The zero-order valence-electron chi connectivity index (χ0n) is 20.0. The summed E-state index contributed by atoms with van der Waals surface area (Å²) in [6.07, 6.45) is 15.4. The summed E-state index contributed by atoms with van der Waals surface area (Å²) in [7, 11) is 0. The van der Waals surface area contributed by atoms with Crippen molar-refractivity contribution in [1.82, 2.24) is 14.6 Å². The van der Waals surface area contributed by atoms with Crippen molar-refractivity contribution in [2.75, 3.05) is 6.61 Å². The van der Waals surface area contributed by atoms with Gasteiger partial charge in [0.1, 0.15) is 10.8 Å². The molecule has 0 N–H and O–H groups in total. The Kier molecular flexibility index (Phi) is 9.57. The Labute approximate surface area is 215 Å². The second kappa shape index (κ2) is 13.1. The predicted octanol–water partition coefficient (Wildman–Crippen LogP) is 9.19. The van der Waals surface area contributed by atoms with E-state index in [0.717, 1.165) is 50.0 Å². The van der Waals surface area contributed by atoms with Gasteiger partial charge in [-0.2, -0.15) is 5.10 Å². The summed E-state index contributed by atoms with van der Waals surface area (Å²) in [6.45, 7) is 3.07. The summed E-state index contributed by atoms with van der Waals surface area (Å²) in [5.74, 6) is 0.929. The molecule has 4 aromatic rings. The molecule has 0 aliphatic rings. The van der Waals surface area contributed by atoms with Gasteiger partial charge in [-0.15, -0.1) is 0 Å². The Balaban J connectivity index is 1.19. The molecule has 0 amide bonds. The second-order valence-corrected chi connectivity index (χ2v) is 10.7. The van der Waals surface area contributed by atoms with Crippen molar-refractivity contribution < 1.29 is 4.74 Å². The van der Waals surface area contributed by atoms with Crippen molar-refractivity contribution in [2.24, 2.45) is 0 Å². The summed E-state index contributed by atoms with van der Waals surface area (Å²) in [5, 5.41) is 5.69. The van der Waals surface area contributed by atoms with Crippen molar-refractivity contribution in [2.45, 2.75) is 71.1 Å². The van der Waals surface area contributed by atoms with Crippen molar-refractivity contribution in [3.8, 4) is 27.6 Å². The van der Waals surface area contributed by atoms with E-state index in [2.05, 4.69) is 47.1 Å². The van der Waals surface area contributed by atoms with Gasteiger partial charge in [-0.1, -0.05) is 104 Å². The van der Waals surface area contributed by atoms with Gasteiger partial charge in [0.2, 0.25) is 4.96 Å². The van der Waals surface area contributed by atoms with E-state index < -0.39 is 0 Å². The average Bonchev–Trinajstić information content (AvgIpc) is 3.43. The average molecular weight is 541 g/mol. The lowest BCUT2D eigenvalue weighted by Crippen LogP contribution is -1.97. The predicted molar refractivity (Wildman–Crippen MR) is 147 cm³/mol. The molecule has 0 aliphatic carbocycles. The highest BCUT2D eigenvalue weighted by molar-refractivity contribution is 9.10. The molecular formula is C28H34BrN3OS. The number of nitrogens with zero attached hydrogens (tertiary/aromatic N) is 3. The van der Waals surface area contributed by atoms with Crippen molar-refractivity contribution in [3.63, 3.8) is 0 Å². The van der Waals surface area contributed by atoms with Crippen LogP contribution < -0.4 is 4.74 Å². The first kappa shape index (κ1) is 24.9. The fourth-order valence-electron chi connectivity index (χ4n) is 4.05. The van der Waals surface area contributed by atoms with E-state index in [-0.39, 0.29) is 0 Å². The summed E-state index contributed by atoms with van der Waals surface area (Å²) >= 11 is 5.08. The smallest absolute Gasteiger partial charge is 0.213 e. The number of fused-ring (bicyclic) bond motifs is 1. The molecule has 4 rings (SSSR count). The van der Waals surface area contributed by atoms with E-state index in [9.17, 15) is 0 Å². The third-order valence-corrected chi connectivity index (χ3v) is 7.55. The van der Waals surface area contributed by atoms with Crippen LogP contribution in [-0.4, -0.2) is 21.2 Å². The molecule has 0 aliphatic heterocycles. The highest BCUT2D eigenvalue weighted by Gasteiger charge is 2.11. The largest absolute Gasteiger partial charge is 0.494 e. The number of aromatic nitrogens is 3. The molecule has 0 unspecified atom stereocenters. The third-order valence-electron chi connectivity index (χ3n) is 6.05. The number of hydrogen-bond donors (Lipinski definition) is 0. The zero-order chi connectivity index (χ0) is 23.6. The van der Waals surface area contributed by atoms with E-state index in [4.69, 9.17) is 14.8 Å². The fraction of sp³-hybridized carbons (Fsp3) is 0.429. The second-order valence-electron chi connectivity index (χ2n) is 8.82. The Morgan fingerprint density at radius 2 is 1.41 bits per heavy atom. The van der Waals surface area contributed by atoms with Crippen LogP contribution in [0.4, 0.5) is 0 Å². The lowest BCUT2D eigenvalue weighted by Gasteiger charge is -2.07. The maximum Gasteiger partial charge on any atom is 0.213 e. The molecular weight excluding hydrogens is 506 g/mol. The number of halogens is 1. The highest BCUT2D eigenvalue weighted by atomic mass is 79.9. The molecule has 2 aromatic carbocycles. The van der Waals surface area contributed by atoms with E-state index in [1.54, 1.807) is 11.3 Å². The SMILES string of the molecule is CCCCCCCCCCCCOc1ccc(-c2nn3cc(-c4ccc(Br)cc4)nc3s2)cc1. The normalized spacial score (nSPS) is 11.4. The molecule has 0 atom stereocenters. The molecule has 34 heavy (non-hydrogen) atoms. The van der Waals surface area contributed by atoms with Crippen LogP contribution in [0.1, 0.15) is 71.1 Å². The van der Waals surface area contributed by atoms with Gasteiger partial charge in [0, 0.05) is 15.6 Å². The minimum Gasteiger partial charge on any atom is -0.494 e. The fourth-order valence-corrected chi connectivity index (χ4v) is 5.20. The van der Waals surface area contributed by atoms with Crippen LogP contribution in [0, 0.1) is 0 Å². The summed E-state index contributed by atoms with van der Waals surface area (Å²) in [4.78, 5) is 5.65. The van der Waals surface area contributed by atoms with Gasteiger partial charge in [0.25, 0.3) is 0 Å². The molecule has 0 saturated heterocycles. The van der Waals surface area contributed by atoms with Crippen LogP contribution in [0.15, 0.2) is 59.2 Å². The molecule has 4 nitrogen and oxygen atoms in total. The first-order valence-corrected chi connectivity index (χ1v) is 14.2. The molecule has 180 valence electrons. The number of unbranched alkanes of at least 4 members (excludes halogenated alkanes) is 9. The van der Waals surface area contributed by atoms with Crippen molar-refractivity contribution in [1.29, 1.82) is 0 Å². The van der Waals surface area contributed by atoms with Crippen LogP contribution in [0.25, 0.3) is 26.8 Å². The van der Waals surface area contributed by atoms with E-state index in [1.807, 2.05) is 35.0 Å². The first-order chi connectivity index (χ1) is 16.7. The number of benzene rings is 2. The monoisotopic (exact) mass is 539 g/mol. The van der Waals surface area contributed by atoms with Crippen LogP contribution in [0.3, 0.4) is 0 Å². The molecule has 0 fully saturated rings. The van der Waals surface area contributed by atoms with Crippen LogP contribution in [0.5, 0.6) is 5.75 Å². The Morgan fingerprint density at radius 1 is 0.794 bits per heavy atom. The van der Waals surface area contributed by atoms with Gasteiger partial charge < -0.3 is 4.74 Å². The van der Waals surface area contributed by atoms with Crippen LogP contribution in [0.2, 0.25) is 0 Å². The topological polar surface area (TPSA) is 39.4 Å². The quantitative estimate of drug-likeness (QED) is 0.150. The minimum atomic E-state index is 0.791. The lowest BCUT2D eigenvalue weighted by molar-refractivity contribution is 0.304. The van der Waals surface area contributed by atoms with E-state index in [1.165, 1.54) is 57.8 Å². The standard InChI is InChI=1S/C28H34BrN3OS/c1-2-3-4-5-6-7-8-9-10-11-20-33-25-18-14-23(15-19-25)27-31-32-21-26(30-28(32)34-27)22-12-16-24(29)17-13-22/h12-19,21H,2-11,20H2,1H3. The maximum atomic E-state index is 5.95. The van der Waals surface area contributed by atoms with Gasteiger partial charge in [-0.3, -0.25) is 0 Å². The highest BCUT2D eigenvalue weighted by Crippen LogP contribution is 2.29. The maximum absolute atomic E-state index is 5.95. The van der Waals surface area contributed by atoms with Gasteiger partial charge >= 0.3 is 0 Å². The summed E-state index contributed by atoms with van der Waals surface area (Å²) < 4.78 is 8.88. The van der Waals surface area contributed by atoms with E-state index >= 15 is 0 Å². The molecule has 2 aromatic heterocycles. The number of ether oxygens (including phenoxy) is 1. The Morgan fingerprint density at radius 3 is 2.06 bits per heavy atom. The minimum absolute atomic E-state index is 0.791. The third kappa shape index (κ3) is 7.16. The summed E-state index contributed by atoms with van der Waals surface area (Å²) in [5.41, 5.74) is 3.12. The molecule has 0 spiro atoms. The van der Waals surface area contributed by atoms with Crippen molar-refractivity contribution >= 4 is 32.2 Å². The Hall–Kier alpha value is -2.18. The first-order valence-electron chi connectivity index (χ1n) is 12.6. The van der Waals surface area contributed by atoms with Gasteiger partial charge in [-0.25, -0.2) is 9.50 Å².